The monoisotopic (exact) mass is 560 g/mol. The van der Waals surface area contributed by atoms with Crippen molar-refractivity contribution in [1.82, 2.24) is 0 Å². The highest BCUT2D eigenvalue weighted by Gasteiger charge is 2.71. The Kier molecular flexibility index (Phi) is 8.19. The lowest BCUT2D eigenvalue weighted by atomic mass is 9.30. The van der Waals surface area contributed by atoms with Crippen molar-refractivity contribution in [3.05, 3.63) is 0 Å². The zero-order valence-electron chi connectivity index (χ0n) is 27.3. The van der Waals surface area contributed by atoms with Crippen molar-refractivity contribution in [2.75, 3.05) is 6.61 Å². The van der Waals surface area contributed by atoms with E-state index >= 15 is 0 Å². The van der Waals surface area contributed by atoms with Gasteiger partial charge in [-0.1, -0.05) is 61.8 Å². The summed E-state index contributed by atoms with van der Waals surface area (Å²) in [6.07, 6.45) is 11.6. The molecule has 0 radical (unpaired) electrons. The Morgan fingerprint density at radius 3 is 2.08 bits per heavy atom. The summed E-state index contributed by atoms with van der Waals surface area (Å²) in [5.41, 5.74) is 2.17. The summed E-state index contributed by atoms with van der Waals surface area (Å²) in [5.74, 6) is 5.16. The van der Waals surface area contributed by atoms with Crippen molar-refractivity contribution in [2.24, 2.45) is 68.5 Å². The summed E-state index contributed by atoms with van der Waals surface area (Å²) in [6.45, 7) is 20.5. The van der Waals surface area contributed by atoms with Crippen LogP contribution >= 0.6 is 0 Å². The maximum absolute atomic E-state index is 10.5. The molecule has 0 bridgehead atoms. The van der Waals surface area contributed by atoms with E-state index in [1.54, 1.807) is 0 Å². The molecule has 5 saturated carbocycles. The zero-order valence-corrected chi connectivity index (χ0v) is 27.3. The van der Waals surface area contributed by atoms with Crippen LogP contribution < -0.4 is 0 Å². The SMILES string of the molecule is C[C@H](CC[C@@H](O)[C@@H](O)[C@@H](O)CO)[C@H]1CC[C@@]2(C)C1CC[C@]1(C)C2[C@@H](C)CC2[C@@]3(C)CCCC(C)(C)C3CC[C@]21C. The molecule has 5 aliphatic carbocycles. The van der Waals surface area contributed by atoms with Crippen LogP contribution in [-0.4, -0.2) is 45.3 Å². The number of aliphatic hydroxyl groups is 4. The molecule has 14 atom stereocenters. The van der Waals surface area contributed by atoms with Gasteiger partial charge in [-0.2, -0.15) is 0 Å². The Labute approximate surface area is 246 Å². The fourth-order valence-corrected chi connectivity index (χ4v) is 13.8. The third-order valence-electron chi connectivity index (χ3n) is 15.7. The molecule has 0 aliphatic heterocycles. The van der Waals surface area contributed by atoms with Crippen LogP contribution in [-0.2, 0) is 0 Å². The predicted octanol–water partition coefficient (Wildman–Crippen LogP) is 7.22. The van der Waals surface area contributed by atoms with Crippen molar-refractivity contribution >= 4 is 0 Å². The summed E-state index contributed by atoms with van der Waals surface area (Å²) in [7, 11) is 0. The van der Waals surface area contributed by atoms with E-state index < -0.39 is 24.9 Å². The minimum absolute atomic E-state index is 0.383. The lowest BCUT2D eigenvalue weighted by Gasteiger charge is -2.74. The van der Waals surface area contributed by atoms with Gasteiger partial charge in [0.25, 0.3) is 0 Å². The summed E-state index contributed by atoms with van der Waals surface area (Å²) in [4.78, 5) is 0. The molecule has 5 aliphatic rings. The summed E-state index contributed by atoms with van der Waals surface area (Å²) in [5, 5.41) is 39.6. The minimum Gasteiger partial charge on any atom is -0.394 e. The largest absolute Gasteiger partial charge is 0.394 e. The van der Waals surface area contributed by atoms with Gasteiger partial charge in [0.15, 0.2) is 0 Å². The van der Waals surface area contributed by atoms with E-state index in [1.807, 2.05) is 0 Å². The first kappa shape index (κ1) is 31.3. The second kappa shape index (κ2) is 10.5. The predicted molar refractivity (Wildman–Crippen MR) is 162 cm³/mol. The van der Waals surface area contributed by atoms with Crippen molar-refractivity contribution in [1.29, 1.82) is 0 Å². The normalized spacial score (nSPS) is 51.0. The van der Waals surface area contributed by atoms with Gasteiger partial charge in [-0.25, -0.2) is 0 Å². The Bertz CT molecular complexity index is 918. The molecule has 4 unspecified atom stereocenters. The standard InChI is InChI=1S/C36H64O4/c1-22(10-11-26(38)30(40)27(39)21-37)24-12-17-33(5)25(24)13-18-36(8)31(33)23(2)20-29-34(6)16-9-15-32(3,4)28(34)14-19-35(29,36)7/h22-31,37-40H,9-21H2,1-8H3/t22-,23+,24-,25?,26-,27+,28?,29?,30-,31?,33+,34+,35-,36-/m1/s1. The van der Waals surface area contributed by atoms with Crippen LogP contribution in [0.3, 0.4) is 0 Å². The smallest absolute Gasteiger partial charge is 0.108 e. The van der Waals surface area contributed by atoms with Gasteiger partial charge >= 0.3 is 0 Å². The minimum atomic E-state index is -1.27. The summed E-state index contributed by atoms with van der Waals surface area (Å²) in [6, 6.07) is 0. The molecule has 40 heavy (non-hydrogen) atoms. The average Bonchev–Trinajstić information content (AvgIpc) is 3.23. The van der Waals surface area contributed by atoms with Gasteiger partial charge in [-0.05, 0) is 139 Å². The molecular weight excluding hydrogens is 496 g/mol. The van der Waals surface area contributed by atoms with E-state index in [1.165, 1.54) is 64.2 Å². The number of aliphatic hydroxyl groups excluding tert-OH is 4. The van der Waals surface area contributed by atoms with Crippen LogP contribution in [0.15, 0.2) is 0 Å². The third kappa shape index (κ3) is 4.42. The molecular formula is C36H64O4. The van der Waals surface area contributed by atoms with Gasteiger partial charge in [0.2, 0.25) is 0 Å². The lowest BCUT2D eigenvalue weighted by molar-refractivity contribution is -0.257. The molecule has 0 aromatic carbocycles. The zero-order chi connectivity index (χ0) is 29.5. The number of fused-ring (bicyclic) bond motifs is 7. The molecule has 232 valence electrons. The lowest BCUT2D eigenvalue weighted by Crippen LogP contribution is -2.67. The molecule has 0 heterocycles. The molecule has 5 rings (SSSR count). The fourth-order valence-electron chi connectivity index (χ4n) is 13.8. The van der Waals surface area contributed by atoms with E-state index in [-0.39, 0.29) is 0 Å². The Balaban J connectivity index is 1.36. The number of hydrogen-bond acceptors (Lipinski definition) is 4. The van der Waals surface area contributed by atoms with Gasteiger partial charge in [0.05, 0.1) is 12.7 Å². The van der Waals surface area contributed by atoms with Crippen LogP contribution in [0.5, 0.6) is 0 Å². The van der Waals surface area contributed by atoms with Crippen molar-refractivity contribution in [3.63, 3.8) is 0 Å². The molecule has 4 nitrogen and oxygen atoms in total. The molecule has 0 saturated heterocycles. The van der Waals surface area contributed by atoms with Gasteiger partial charge in [-0.3, -0.25) is 0 Å². The molecule has 0 spiro atoms. The first-order valence-electron chi connectivity index (χ1n) is 17.2. The van der Waals surface area contributed by atoms with Crippen LogP contribution in [0.1, 0.15) is 132 Å². The van der Waals surface area contributed by atoms with E-state index in [0.717, 1.165) is 36.0 Å². The average molecular weight is 561 g/mol. The highest BCUT2D eigenvalue weighted by molar-refractivity contribution is 5.20. The van der Waals surface area contributed by atoms with Crippen molar-refractivity contribution in [2.45, 2.75) is 151 Å². The third-order valence-corrected chi connectivity index (χ3v) is 15.7. The molecule has 4 heteroatoms. The summed E-state index contributed by atoms with van der Waals surface area (Å²) < 4.78 is 0. The number of rotatable bonds is 7. The quantitative estimate of drug-likeness (QED) is 0.265. The first-order valence-corrected chi connectivity index (χ1v) is 17.2. The maximum atomic E-state index is 10.5. The molecule has 0 aromatic heterocycles. The van der Waals surface area contributed by atoms with E-state index in [0.29, 0.717) is 45.3 Å². The maximum Gasteiger partial charge on any atom is 0.108 e. The highest BCUT2D eigenvalue weighted by Crippen LogP contribution is 2.79. The first-order chi connectivity index (χ1) is 18.6. The van der Waals surface area contributed by atoms with Gasteiger partial charge < -0.3 is 20.4 Å². The van der Waals surface area contributed by atoms with Crippen LogP contribution in [0.2, 0.25) is 0 Å². The van der Waals surface area contributed by atoms with Gasteiger partial charge in [0.1, 0.15) is 12.2 Å². The Morgan fingerprint density at radius 1 is 0.725 bits per heavy atom. The Morgan fingerprint density at radius 2 is 1.40 bits per heavy atom. The summed E-state index contributed by atoms with van der Waals surface area (Å²) >= 11 is 0. The topological polar surface area (TPSA) is 80.9 Å². The Hall–Kier alpha value is -0.160. The van der Waals surface area contributed by atoms with Crippen molar-refractivity contribution in [3.8, 4) is 0 Å². The highest BCUT2D eigenvalue weighted by atomic mass is 16.4. The second-order valence-corrected chi connectivity index (χ2v) is 17.7. The molecule has 0 aromatic rings. The van der Waals surface area contributed by atoms with Crippen LogP contribution in [0.4, 0.5) is 0 Å². The van der Waals surface area contributed by atoms with Crippen molar-refractivity contribution < 1.29 is 20.4 Å². The number of hydrogen-bond donors (Lipinski definition) is 4. The van der Waals surface area contributed by atoms with E-state index in [4.69, 9.17) is 5.11 Å². The molecule has 4 N–H and O–H groups in total. The molecule has 5 fully saturated rings. The van der Waals surface area contributed by atoms with Gasteiger partial charge in [0, 0.05) is 0 Å². The molecule has 0 amide bonds. The van der Waals surface area contributed by atoms with E-state index in [9.17, 15) is 15.3 Å². The fraction of sp³-hybridized carbons (Fsp3) is 1.00. The second-order valence-electron chi connectivity index (χ2n) is 17.7. The van der Waals surface area contributed by atoms with Crippen LogP contribution in [0.25, 0.3) is 0 Å². The van der Waals surface area contributed by atoms with E-state index in [2.05, 4.69) is 55.4 Å². The van der Waals surface area contributed by atoms with Crippen LogP contribution in [0, 0.1) is 68.5 Å². The van der Waals surface area contributed by atoms with Gasteiger partial charge in [-0.15, -0.1) is 0 Å².